The van der Waals surface area contributed by atoms with E-state index in [2.05, 4.69) is 10.3 Å². The number of aryl methyl sites for hydroxylation is 1. The van der Waals surface area contributed by atoms with Gasteiger partial charge in [-0.1, -0.05) is 5.21 Å². The van der Waals surface area contributed by atoms with E-state index < -0.39 is 5.97 Å². The number of aromatic nitrogens is 3. The third-order valence-corrected chi connectivity index (χ3v) is 1.63. The van der Waals surface area contributed by atoms with Crippen LogP contribution in [0.2, 0.25) is 0 Å². The first-order valence-electron chi connectivity index (χ1n) is 4.46. The van der Waals surface area contributed by atoms with Gasteiger partial charge in [0.25, 0.3) is 0 Å². The summed E-state index contributed by atoms with van der Waals surface area (Å²) in [6, 6.07) is 0. The second kappa shape index (κ2) is 5.33. The molecule has 78 valence electrons. The van der Waals surface area contributed by atoms with Gasteiger partial charge in [-0.25, -0.2) is 9.48 Å². The molecule has 0 saturated carbocycles. The van der Waals surface area contributed by atoms with Crippen molar-refractivity contribution >= 4 is 5.97 Å². The van der Waals surface area contributed by atoms with E-state index in [1.807, 2.05) is 0 Å². The summed E-state index contributed by atoms with van der Waals surface area (Å²) in [6.45, 7) is 2.58. The monoisotopic (exact) mass is 199 g/mol. The fourth-order valence-corrected chi connectivity index (χ4v) is 1.01. The molecule has 0 spiro atoms. The molecule has 6 heteroatoms. The molecular formula is C8H13N3O3. The van der Waals surface area contributed by atoms with Crippen molar-refractivity contribution in [3.05, 3.63) is 11.9 Å². The molecule has 0 saturated heterocycles. The normalized spacial score (nSPS) is 10.1. The van der Waals surface area contributed by atoms with E-state index >= 15 is 0 Å². The van der Waals surface area contributed by atoms with Gasteiger partial charge in [-0.2, -0.15) is 0 Å². The lowest BCUT2D eigenvalue weighted by Gasteiger charge is -2.03. The molecule has 0 atom stereocenters. The fourth-order valence-electron chi connectivity index (χ4n) is 1.01. The number of aliphatic hydroxyl groups is 1. The minimum atomic E-state index is -0.435. The lowest BCUT2D eigenvalue weighted by molar-refractivity contribution is 0.0511. The molecule has 0 unspecified atom stereocenters. The number of carbonyl (C=O) groups is 1. The van der Waals surface area contributed by atoms with Gasteiger partial charge >= 0.3 is 5.97 Å². The van der Waals surface area contributed by atoms with Gasteiger partial charge in [0.05, 0.1) is 12.8 Å². The zero-order chi connectivity index (χ0) is 10.4. The van der Waals surface area contributed by atoms with E-state index in [9.17, 15) is 4.79 Å². The molecule has 0 aliphatic carbocycles. The van der Waals surface area contributed by atoms with Crippen LogP contribution < -0.4 is 0 Å². The van der Waals surface area contributed by atoms with Crippen LogP contribution in [0.3, 0.4) is 0 Å². The zero-order valence-electron chi connectivity index (χ0n) is 8.01. The highest BCUT2D eigenvalue weighted by Gasteiger charge is 2.13. The van der Waals surface area contributed by atoms with Gasteiger partial charge in [-0.3, -0.25) is 0 Å². The number of rotatable bonds is 5. The van der Waals surface area contributed by atoms with Crippen molar-refractivity contribution in [2.75, 3.05) is 13.2 Å². The van der Waals surface area contributed by atoms with Crippen LogP contribution in [0.5, 0.6) is 0 Å². The van der Waals surface area contributed by atoms with Gasteiger partial charge in [0.1, 0.15) is 0 Å². The Morgan fingerprint density at radius 1 is 1.71 bits per heavy atom. The topological polar surface area (TPSA) is 77.2 Å². The van der Waals surface area contributed by atoms with Crippen molar-refractivity contribution in [2.24, 2.45) is 0 Å². The van der Waals surface area contributed by atoms with Crippen LogP contribution in [0.4, 0.5) is 0 Å². The second-order valence-electron chi connectivity index (χ2n) is 2.64. The summed E-state index contributed by atoms with van der Waals surface area (Å²) in [5, 5.41) is 15.9. The standard InChI is InChI=1S/C8H13N3O3/c1-2-14-8(13)7-6-9-10-11(7)4-3-5-12/h6,12H,2-5H2,1H3. The van der Waals surface area contributed by atoms with Crippen molar-refractivity contribution in [3.8, 4) is 0 Å². The van der Waals surface area contributed by atoms with Crippen LogP contribution in [0.15, 0.2) is 6.20 Å². The molecule has 1 aromatic rings. The molecular weight excluding hydrogens is 186 g/mol. The molecule has 0 bridgehead atoms. The summed E-state index contributed by atoms with van der Waals surface area (Å²) in [5.41, 5.74) is 0.320. The Bertz CT molecular complexity index is 298. The van der Waals surface area contributed by atoms with Gasteiger partial charge in [0.2, 0.25) is 0 Å². The third kappa shape index (κ3) is 2.53. The Morgan fingerprint density at radius 2 is 2.50 bits per heavy atom. The number of hydrogen-bond donors (Lipinski definition) is 1. The Hall–Kier alpha value is -1.43. The quantitative estimate of drug-likeness (QED) is 0.666. The molecule has 0 aromatic carbocycles. The summed E-state index contributed by atoms with van der Waals surface area (Å²) >= 11 is 0. The van der Waals surface area contributed by atoms with E-state index in [0.717, 1.165) is 0 Å². The molecule has 0 fully saturated rings. The minimum Gasteiger partial charge on any atom is -0.461 e. The second-order valence-corrected chi connectivity index (χ2v) is 2.64. The molecule has 1 rings (SSSR count). The zero-order valence-corrected chi connectivity index (χ0v) is 8.01. The number of carbonyl (C=O) groups excluding carboxylic acids is 1. The Kier molecular flexibility index (Phi) is 4.06. The fraction of sp³-hybridized carbons (Fsp3) is 0.625. The van der Waals surface area contributed by atoms with Crippen molar-refractivity contribution in [1.29, 1.82) is 0 Å². The maximum Gasteiger partial charge on any atom is 0.358 e. The van der Waals surface area contributed by atoms with Crippen LogP contribution in [0, 0.1) is 0 Å². The first-order chi connectivity index (χ1) is 6.79. The van der Waals surface area contributed by atoms with E-state index in [1.54, 1.807) is 6.92 Å². The predicted octanol–water partition coefficient (Wildman–Crippen LogP) is -0.163. The molecule has 0 aliphatic heterocycles. The van der Waals surface area contributed by atoms with E-state index in [1.165, 1.54) is 10.9 Å². The number of aliphatic hydroxyl groups excluding tert-OH is 1. The molecule has 0 amide bonds. The van der Waals surface area contributed by atoms with Crippen LogP contribution in [0.25, 0.3) is 0 Å². The molecule has 1 aromatic heterocycles. The molecule has 0 radical (unpaired) electrons. The largest absolute Gasteiger partial charge is 0.461 e. The maximum atomic E-state index is 11.3. The Balaban J connectivity index is 2.66. The van der Waals surface area contributed by atoms with E-state index in [0.29, 0.717) is 25.3 Å². The molecule has 14 heavy (non-hydrogen) atoms. The predicted molar refractivity (Wildman–Crippen MR) is 47.7 cm³/mol. The average Bonchev–Trinajstić information content (AvgIpc) is 2.63. The first kappa shape index (κ1) is 10.6. The van der Waals surface area contributed by atoms with Gasteiger partial charge in [0, 0.05) is 13.2 Å². The van der Waals surface area contributed by atoms with Gasteiger partial charge in [-0.15, -0.1) is 5.10 Å². The van der Waals surface area contributed by atoms with Gasteiger partial charge in [0.15, 0.2) is 5.69 Å². The smallest absolute Gasteiger partial charge is 0.358 e. The molecule has 1 N–H and O–H groups in total. The summed E-state index contributed by atoms with van der Waals surface area (Å²) < 4.78 is 6.23. The van der Waals surface area contributed by atoms with Crippen molar-refractivity contribution < 1.29 is 14.6 Å². The first-order valence-corrected chi connectivity index (χ1v) is 4.46. The summed E-state index contributed by atoms with van der Waals surface area (Å²) in [7, 11) is 0. The lowest BCUT2D eigenvalue weighted by Crippen LogP contribution is -2.14. The minimum absolute atomic E-state index is 0.0577. The lowest BCUT2D eigenvalue weighted by atomic mass is 10.4. The molecule has 0 aliphatic rings. The Morgan fingerprint density at radius 3 is 3.14 bits per heavy atom. The number of esters is 1. The molecule has 6 nitrogen and oxygen atoms in total. The SMILES string of the molecule is CCOC(=O)c1cnnn1CCCO. The van der Waals surface area contributed by atoms with Crippen LogP contribution >= 0.6 is 0 Å². The van der Waals surface area contributed by atoms with E-state index in [4.69, 9.17) is 9.84 Å². The van der Waals surface area contributed by atoms with Crippen molar-refractivity contribution in [3.63, 3.8) is 0 Å². The van der Waals surface area contributed by atoms with Crippen molar-refractivity contribution in [1.82, 2.24) is 15.0 Å². The highest BCUT2D eigenvalue weighted by Crippen LogP contribution is 2.00. The van der Waals surface area contributed by atoms with Crippen molar-refractivity contribution in [2.45, 2.75) is 19.9 Å². The number of hydrogen-bond acceptors (Lipinski definition) is 5. The summed E-state index contributed by atoms with van der Waals surface area (Å²) in [6.07, 6.45) is 1.89. The molecule has 1 heterocycles. The average molecular weight is 199 g/mol. The van der Waals surface area contributed by atoms with Gasteiger partial charge in [-0.05, 0) is 13.3 Å². The number of ether oxygens (including phenoxy) is 1. The van der Waals surface area contributed by atoms with E-state index in [-0.39, 0.29) is 6.61 Å². The maximum absolute atomic E-state index is 11.3. The Labute approximate surface area is 81.5 Å². The summed E-state index contributed by atoms with van der Waals surface area (Å²) in [4.78, 5) is 11.3. The van der Waals surface area contributed by atoms with Crippen LogP contribution in [-0.2, 0) is 11.3 Å². The number of nitrogens with zero attached hydrogens (tertiary/aromatic N) is 3. The summed E-state index contributed by atoms with van der Waals surface area (Å²) in [5.74, 6) is -0.435. The highest BCUT2D eigenvalue weighted by atomic mass is 16.5. The highest BCUT2D eigenvalue weighted by molar-refractivity contribution is 5.87. The van der Waals surface area contributed by atoms with Crippen LogP contribution in [0.1, 0.15) is 23.8 Å². The third-order valence-electron chi connectivity index (χ3n) is 1.63. The van der Waals surface area contributed by atoms with Crippen LogP contribution in [-0.4, -0.2) is 39.3 Å². The van der Waals surface area contributed by atoms with Gasteiger partial charge < -0.3 is 9.84 Å².